The first kappa shape index (κ1) is 19.8. The van der Waals surface area contributed by atoms with Gasteiger partial charge in [-0.3, -0.25) is 9.59 Å². The predicted octanol–water partition coefficient (Wildman–Crippen LogP) is -0.934. The molecule has 0 saturated heterocycles. The second-order valence-corrected chi connectivity index (χ2v) is 7.28. The second-order valence-electron chi connectivity index (χ2n) is 5.75. The maximum atomic E-state index is 11.7. The fraction of sp³-hybridized carbons (Fsp3) is 0.833. The van der Waals surface area contributed by atoms with E-state index in [2.05, 4.69) is 5.32 Å². The summed E-state index contributed by atoms with van der Waals surface area (Å²) >= 11 is 0. The van der Waals surface area contributed by atoms with Crippen LogP contribution in [0.25, 0.3) is 0 Å². The molecular formula is C12H24N2O6S. The van der Waals surface area contributed by atoms with Crippen molar-refractivity contribution in [2.45, 2.75) is 25.9 Å². The number of carbonyl (C=O) groups excluding carboxylic acids is 2. The van der Waals surface area contributed by atoms with Crippen molar-refractivity contribution in [3.8, 4) is 0 Å². The fourth-order valence-electron chi connectivity index (χ4n) is 1.62. The molecule has 0 aromatic heterocycles. The van der Waals surface area contributed by atoms with Crippen molar-refractivity contribution in [3.63, 3.8) is 0 Å². The third-order valence-electron chi connectivity index (χ3n) is 2.43. The van der Waals surface area contributed by atoms with Crippen molar-refractivity contribution in [2.24, 2.45) is 0 Å². The van der Waals surface area contributed by atoms with Crippen LogP contribution >= 0.6 is 0 Å². The molecule has 0 aliphatic heterocycles. The summed E-state index contributed by atoms with van der Waals surface area (Å²) in [4.78, 5) is 23.0. The van der Waals surface area contributed by atoms with Crippen molar-refractivity contribution in [3.05, 3.63) is 0 Å². The smallest absolute Gasteiger partial charge is 0.306 e. The topological polar surface area (TPSA) is 113 Å². The number of hydrogen-bond donors (Lipinski definition) is 1. The summed E-state index contributed by atoms with van der Waals surface area (Å²) in [6.07, 6.45) is -0.453. The lowest BCUT2D eigenvalue weighted by Crippen LogP contribution is -2.45. The third-order valence-corrected chi connectivity index (χ3v) is 3.13. The van der Waals surface area contributed by atoms with E-state index in [1.54, 1.807) is 6.92 Å². The zero-order chi connectivity index (χ0) is 16.7. The summed E-state index contributed by atoms with van der Waals surface area (Å²) in [6, 6.07) is 0. The maximum absolute atomic E-state index is 11.7. The number of nitrogens with one attached hydrogen (secondary N) is 1. The molecule has 0 aromatic carbocycles. The van der Waals surface area contributed by atoms with E-state index in [0.717, 1.165) is 0 Å². The maximum Gasteiger partial charge on any atom is 0.306 e. The van der Waals surface area contributed by atoms with Crippen LogP contribution in [0.2, 0.25) is 0 Å². The minimum Gasteiger partial charge on any atom is -0.748 e. The molecule has 0 fully saturated rings. The van der Waals surface area contributed by atoms with E-state index >= 15 is 0 Å². The van der Waals surface area contributed by atoms with Gasteiger partial charge in [0, 0.05) is 13.0 Å². The molecule has 1 N–H and O–H groups in total. The van der Waals surface area contributed by atoms with E-state index in [1.165, 1.54) is 0 Å². The van der Waals surface area contributed by atoms with Gasteiger partial charge in [0.15, 0.2) is 6.10 Å². The molecule has 0 aromatic rings. The summed E-state index contributed by atoms with van der Waals surface area (Å²) in [5.74, 6) is -1.52. The average Bonchev–Trinajstić information content (AvgIpc) is 2.24. The summed E-state index contributed by atoms with van der Waals surface area (Å²) in [6.45, 7) is 1.85. The lowest BCUT2D eigenvalue weighted by molar-refractivity contribution is -0.873. The van der Waals surface area contributed by atoms with Crippen LogP contribution in [0.3, 0.4) is 0 Å². The van der Waals surface area contributed by atoms with Crippen LogP contribution in [0.15, 0.2) is 0 Å². The van der Waals surface area contributed by atoms with Crippen molar-refractivity contribution in [2.75, 3.05) is 40.0 Å². The van der Waals surface area contributed by atoms with E-state index in [1.807, 2.05) is 21.1 Å². The van der Waals surface area contributed by atoms with Crippen molar-refractivity contribution < 1.29 is 31.8 Å². The molecule has 0 unspecified atom stereocenters. The van der Waals surface area contributed by atoms with Crippen molar-refractivity contribution >= 4 is 22.0 Å². The van der Waals surface area contributed by atoms with Gasteiger partial charge in [0.25, 0.3) is 0 Å². The Morgan fingerprint density at radius 1 is 1.29 bits per heavy atom. The first-order valence-corrected chi connectivity index (χ1v) is 8.21. The van der Waals surface area contributed by atoms with E-state index < -0.39 is 33.9 Å². The first-order valence-electron chi connectivity index (χ1n) is 6.63. The molecule has 0 heterocycles. The van der Waals surface area contributed by atoms with Crippen LogP contribution in [-0.4, -0.2) is 75.4 Å². The van der Waals surface area contributed by atoms with Crippen LogP contribution < -0.4 is 5.32 Å². The average molecular weight is 324 g/mol. The Bertz CT molecular complexity index is 455. The molecule has 0 aliphatic carbocycles. The minimum absolute atomic E-state index is 0.0693. The van der Waals surface area contributed by atoms with Gasteiger partial charge in [-0.05, 0) is 0 Å². The normalized spacial score (nSPS) is 13.6. The quantitative estimate of drug-likeness (QED) is 0.333. The van der Waals surface area contributed by atoms with Gasteiger partial charge in [0.1, 0.15) is 6.54 Å². The summed E-state index contributed by atoms with van der Waals surface area (Å²) in [7, 11) is 1.34. The highest BCUT2D eigenvalue weighted by Gasteiger charge is 2.24. The van der Waals surface area contributed by atoms with Gasteiger partial charge >= 0.3 is 5.97 Å². The Morgan fingerprint density at radius 2 is 1.86 bits per heavy atom. The van der Waals surface area contributed by atoms with Crippen LogP contribution in [0.1, 0.15) is 19.8 Å². The van der Waals surface area contributed by atoms with Crippen LogP contribution in [-0.2, 0) is 24.4 Å². The number of ether oxygens (including phenoxy) is 1. The zero-order valence-corrected chi connectivity index (χ0v) is 13.7. The fourth-order valence-corrected chi connectivity index (χ4v) is 1.97. The van der Waals surface area contributed by atoms with Gasteiger partial charge in [-0.25, -0.2) is 8.42 Å². The monoisotopic (exact) mass is 324 g/mol. The highest BCUT2D eigenvalue weighted by Crippen LogP contribution is 2.06. The molecule has 1 atom stereocenters. The highest BCUT2D eigenvalue weighted by atomic mass is 32.2. The molecule has 1 amide bonds. The van der Waals surface area contributed by atoms with Gasteiger partial charge in [-0.2, -0.15) is 0 Å². The Balaban J connectivity index is 4.44. The van der Waals surface area contributed by atoms with E-state index in [4.69, 9.17) is 4.74 Å². The number of nitrogens with zero attached hydrogens (tertiary/aromatic N) is 1. The predicted molar refractivity (Wildman–Crippen MR) is 75.3 cm³/mol. The highest BCUT2D eigenvalue weighted by molar-refractivity contribution is 7.85. The molecule has 124 valence electrons. The summed E-state index contributed by atoms with van der Waals surface area (Å²) in [5, 5.41) is 2.33. The Hall–Kier alpha value is -1.19. The number of rotatable bonds is 9. The zero-order valence-electron chi connectivity index (χ0n) is 12.9. The van der Waals surface area contributed by atoms with Gasteiger partial charge < -0.3 is 19.1 Å². The number of hydrogen-bond acceptors (Lipinski definition) is 6. The number of carbonyl (C=O) groups is 2. The van der Waals surface area contributed by atoms with Crippen LogP contribution in [0, 0.1) is 0 Å². The lowest BCUT2D eigenvalue weighted by atomic mass is 10.2. The van der Waals surface area contributed by atoms with Gasteiger partial charge in [-0.1, -0.05) is 6.92 Å². The van der Waals surface area contributed by atoms with Gasteiger partial charge in [0.2, 0.25) is 5.91 Å². The molecule has 8 nitrogen and oxygen atoms in total. The molecule has 0 bridgehead atoms. The van der Waals surface area contributed by atoms with Crippen molar-refractivity contribution in [1.29, 1.82) is 0 Å². The number of likely N-dealkylation sites (N-methyl/N-ethyl adjacent to an activating group) is 1. The Labute approximate surface area is 125 Å². The van der Waals surface area contributed by atoms with Crippen molar-refractivity contribution in [1.82, 2.24) is 5.32 Å². The molecule has 0 aliphatic rings. The number of esters is 1. The Morgan fingerprint density at radius 3 is 2.29 bits per heavy atom. The van der Waals surface area contributed by atoms with E-state index in [-0.39, 0.29) is 19.4 Å². The molecule has 0 saturated carbocycles. The number of quaternary nitrogens is 1. The van der Waals surface area contributed by atoms with E-state index in [0.29, 0.717) is 11.0 Å². The first-order chi connectivity index (χ1) is 9.43. The molecular weight excluding hydrogens is 300 g/mol. The molecule has 0 radical (unpaired) electrons. The minimum atomic E-state index is -4.35. The SMILES string of the molecule is CCC(=O)O[C@H](CC(=O)NCCS(=O)(=O)[O-])C[N+](C)(C)C. The van der Waals surface area contributed by atoms with Gasteiger partial charge in [0.05, 0.1) is 43.4 Å². The molecule has 0 rings (SSSR count). The molecule has 21 heavy (non-hydrogen) atoms. The summed E-state index contributed by atoms with van der Waals surface area (Å²) < 4.78 is 37.0. The molecule has 0 spiro atoms. The summed E-state index contributed by atoms with van der Waals surface area (Å²) in [5.41, 5.74) is 0. The number of amides is 1. The third kappa shape index (κ3) is 12.3. The second kappa shape index (κ2) is 8.30. The molecule has 9 heteroatoms. The Kier molecular flexibility index (Phi) is 7.83. The lowest BCUT2D eigenvalue weighted by Gasteiger charge is -2.28. The largest absolute Gasteiger partial charge is 0.748 e. The van der Waals surface area contributed by atoms with Crippen LogP contribution in [0.4, 0.5) is 0 Å². The van der Waals surface area contributed by atoms with Gasteiger partial charge in [-0.15, -0.1) is 0 Å². The standard InChI is InChI=1S/C12H24N2O6S/c1-5-12(16)20-10(9-14(2,3)4)8-11(15)13-6-7-21(17,18)19/h10H,5-9H2,1-4H3,(H-,13,15,17,18,19)/t10-/m1/s1. The van der Waals surface area contributed by atoms with Crippen LogP contribution in [0.5, 0.6) is 0 Å². The van der Waals surface area contributed by atoms with E-state index in [9.17, 15) is 22.6 Å².